The van der Waals surface area contributed by atoms with E-state index in [4.69, 9.17) is 11.6 Å². The molecule has 0 radical (unpaired) electrons. The SMILES string of the molecule is CC1CN(C(=O)CCc2cccc(Cl)c2)CCN1. The van der Waals surface area contributed by atoms with Crippen LogP contribution in [0.5, 0.6) is 0 Å². The second-order valence-electron chi connectivity index (χ2n) is 4.82. The van der Waals surface area contributed by atoms with Crippen LogP contribution in [0.4, 0.5) is 0 Å². The zero-order valence-corrected chi connectivity index (χ0v) is 11.4. The maximum Gasteiger partial charge on any atom is 0.222 e. The van der Waals surface area contributed by atoms with Crippen molar-refractivity contribution < 1.29 is 4.79 Å². The molecule has 1 unspecified atom stereocenters. The molecule has 0 bridgehead atoms. The lowest BCUT2D eigenvalue weighted by Gasteiger charge is -2.32. The molecule has 4 heteroatoms. The van der Waals surface area contributed by atoms with Gasteiger partial charge in [0.15, 0.2) is 0 Å². The van der Waals surface area contributed by atoms with Gasteiger partial charge in [0.25, 0.3) is 0 Å². The van der Waals surface area contributed by atoms with E-state index >= 15 is 0 Å². The first-order chi connectivity index (χ1) is 8.65. The Morgan fingerprint density at radius 2 is 2.39 bits per heavy atom. The van der Waals surface area contributed by atoms with Gasteiger partial charge in [-0.15, -0.1) is 0 Å². The van der Waals surface area contributed by atoms with Crippen LogP contribution in [-0.4, -0.2) is 36.5 Å². The number of halogens is 1. The molecule has 1 aliphatic heterocycles. The number of rotatable bonds is 3. The Morgan fingerprint density at radius 1 is 1.56 bits per heavy atom. The van der Waals surface area contributed by atoms with Crippen LogP contribution in [0.2, 0.25) is 5.02 Å². The predicted octanol–water partition coefficient (Wildman–Crippen LogP) is 2.09. The highest BCUT2D eigenvalue weighted by Crippen LogP contribution is 2.13. The molecule has 18 heavy (non-hydrogen) atoms. The third-order valence-electron chi connectivity index (χ3n) is 3.24. The van der Waals surface area contributed by atoms with E-state index < -0.39 is 0 Å². The van der Waals surface area contributed by atoms with Gasteiger partial charge in [0.2, 0.25) is 5.91 Å². The van der Waals surface area contributed by atoms with Gasteiger partial charge in [-0.1, -0.05) is 23.7 Å². The number of amides is 1. The molecule has 1 amide bonds. The van der Waals surface area contributed by atoms with Crippen molar-refractivity contribution in [3.8, 4) is 0 Å². The molecule has 1 aliphatic rings. The lowest BCUT2D eigenvalue weighted by molar-refractivity contribution is -0.132. The fourth-order valence-corrected chi connectivity index (χ4v) is 2.47. The van der Waals surface area contributed by atoms with E-state index in [1.54, 1.807) is 0 Å². The number of aryl methyl sites for hydroxylation is 1. The first-order valence-corrected chi connectivity index (χ1v) is 6.78. The highest BCUT2D eigenvalue weighted by molar-refractivity contribution is 6.30. The molecule has 3 nitrogen and oxygen atoms in total. The van der Waals surface area contributed by atoms with E-state index in [1.807, 2.05) is 29.2 Å². The Balaban J connectivity index is 1.84. The molecule has 1 atom stereocenters. The molecule has 2 rings (SSSR count). The third-order valence-corrected chi connectivity index (χ3v) is 3.47. The predicted molar refractivity (Wildman–Crippen MR) is 73.8 cm³/mol. The Kier molecular flexibility index (Phi) is 4.61. The second-order valence-corrected chi connectivity index (χ2v) is 5.26. The first kappa shape index (κ1) is 13.4. The van der Waals surface area contributed by atoms with Crippen LogP contribution in [0.25, 0.3) is 0 Å². The molecule has 0 spiro atoms. The van der Waals surface area contributed by atoms with Crippen molar-refractivity contribution in [2.24, 2.45) is 0 Å². The van der Waals surface area contributed by atoms with Gasteiger partial charge in [-0.3, -0.25) is 4.79 Å². The highest BCUT2D eigenvalue weighted by Gasteiger charge is 2.19. The number of carbonyl (C=O) groups excluding carboxylic acids is 1. The molecule has 0 saturated carbocycles. The molecule has 1 N–H and O–H groups in total. The molecule has 0 aliphatic carbocycles. The molecule has 0 aromatic heterocycles. The standard InChI is InChI=1S/C14H19ClN2O/c1-11-10-17(8-7-16-11)14(18)6-5-12-3-2-4-13(15)9-12/h2-4,9,11,16H,5-8,10H2,1H3. The van der Waals surface area contributed by atoms with Crippen LogP contribution >= 0.6 is 11.6 Å². The number of piperazine rings is 1. The van der Waals surface area contributed by atoms with Crippen LogP contribution in [0, 0.1) is 0 Å². The van der Waals surface area contributed by atoms with Crippen molar-refractivity contribution in [1.29, 1.82) is 0 Å². The fourth-order valence-electron chi connectivity index (χ4n) is 2.26. The van der Waals surface area contributed by atoms with Crippen molar-refractivity contribution in [3.63, 3.8) is 0 Å². The topological polar surface area (TPSA) is 32.3 Å². The summed E-state index contributed by atoms with van der Waals surface area (Å²) in [6, 6.07) is 8.11. The fraction of sp³-hybridized carbons (Fsp3) is 0.500. The van der Waals surface area contributed by atoms with E-state index in [9.17, 15) is 4.79 Å². The van der Waals surface area contributed by atoms with Gasteiger partial charge >= 0.3 is 0 Å². The molecule has 1 saturated heterocycles. The molecular weight excluding hydrogens is 248 g/mol. The van der Waals surface area contributed by atoms with E-state index in [2.05, 4.69) is 12.2 Å². The Morgan fingerprint density at radius 3 is 3.11 bits per heavy atom. The average molecular weight is 267 g/mol. The molecule has 1 heterocycles. The van der Waals surface area contributed by atoms with Gasteiger partial charge in [-0.05, 0) is 31.0 Å². The first-order valence-electron chi connectivity index (χ1n) is 6.41. The maximum absolute atomic E-state index is 12.1. The maximum atomic E-state index is 12.1. The Bertz CT molecular complexity index is 422. The molecule has 1 aromatic carbocycles. The minimum atomic E-state index is 0.239. The quantitative estimate of drug-likeness (QED) is 0.909. The Labute approximate surface area is 113 Å². The second kappa shape index (κ2) is 6.21. The summed E-state index contributed by atoms with van der Waals surface area (Å²) in [6.07, 6.45) is 1.32. The average Bonchev–Trinajstić information content (AvgIpc) is 2.36. The highest BCUT2D eigenvalue weighted by atomic mass is 35.5. The van der Waals surface area contributed by atoms with Crippen LogP contribution in [0.3, 0.4) is 0 Å². The van der Waals surface area contributed by atoms with E-state index in [1.165, 1.54) is 0 Å². The number of hydrogen-bond acceptors (Lipinski definition) is 2. The van der Waals surface area contributed by atoms with Crippen molar-refractivity contribution in [2.75, 3.05) is 19.6 Å². The molecule has 1 aromatic rings. The normalized spacial score (nSPS) is 19.9. The van der Waals surface area contributed by atoms with Gasteiger partial charge in [0, 0.05) is 37.1 Å². The monoisotopic (exact) mass is 266 g/mol. The summed E-state index contributed by atoms with van der Waals surface area (Å²) in [4.78, 5) is 14.0. The zero-order valence-electron chi connectivity index (χ0n) is 10.7. The molecular formula is C14H19ClN2O. The number of nitrogens with one attached hydrogen (secondary N) is 1. The lowest BCUT2D eigenvalue weighted by atomic mass is 10.1. The van der Waals surface area contributed by atoms with Gasteiger partial charge in [0.1, 0.15) is 0 Å². The van der Waals surface area contributed by atoms with Crippen molar-refractivity contribution >= 4 is 17.5 Å². The number of hydrogen-bond donors (Lipinski definition) is 1. The summed E-state index contributed by atoms with van der Waals surface area (Å²) in [6.45, 7) is 4.63. The third kappa shape index (κ3) is 3.72. The van der Waals surface area contributed by atoms with Crippen LogP contribution in [-0.2, 0) is 11.2 Å². The van der Waals surface area contributed by atoms with Gasteiger partial charge in [-0.2, -0.15) is 0 Å². The van der Waals surface area contributed by atoms with E-state index in [0.717, 1.165) is 36.6 Å². The number of carbonyl (C=O) groups is 1. The van der Waals surface area contributed by atoms with Gasteiger partial charge in [0.05, 0.1) is 0 Å². The summed E-state index contributed by atoms with van der Waals surface area (Å²) >= 11 is 5.92. The van der Waals surface area contributed by atoms with Crippen molar-refractivity contribution in [3.05, 3.63) is 34.9 Å². The van der Waals surface area contributed by atoms with Crippen molar-refractivity contribution in [1.82, 2.24) is 10.2 Å². The molecule has 98 valence electrons. The smallest absolute Gasteiger partial charge is 0.222 e. The minimum Gasteiger partial charge on any atom is -0.340 e. The van der Waals surface area contributed by atoms with Gasteiger partial charge in [-0.25, -0.2) is 0 Å². The van der Waals surface area contributed by atoms with Crippen LogP contribution in [0.15, 0.2) is 24.3 Å². The van der Waals surface area contributed by atoms with Crippen LogP contribution in [0.1, 0.15) is 18.9 Å². The Hall–Kier alpha value is -1.06. The largest absolute Gasteiger partial charge is 0.340 e. The van der Waals surface area contributed by atoms with E-state index in [-0.39, 0.29) is 5.91 Å². The molecule has 1 fully saturated rings. The minimum absolute atomic E-state index is 0.239. The summed E-state index contributed by atoms with van der Waals surface area (Å²) in [7, 11) is 0. The zero-order chi connectivity index (χ0) is 13.0. The van der Waals surface area contributed by atoms with Crippen molar-refractivity contribution in [2.45, 2.75) is 25.8 Å². The van der Waals surface area contributed by atoms with Crippen LogP contribution < -0.4 is 5.32 Å². The van der Waals surface area contributed by atoms with Gasteiger partial charge < -0.3 is 10.2 Å². The summed E-state index contributed by atoms with van der Waals surface area (Å²) in [5.74, 6) is 0.239. The number of nitrogens with zero attached hydrogens (tertiary/aromatic N) is 1. The summed E-state index contributed by atoms with van der Waals surface area (Å²) in [5.41, 5.74) is 1.12. The lowest BCUT2D eigenvalue weighted by Crippen LogP contribution is -2.51. The summed E-state index contributed by atoms with van der Waals surface area (Å²) < 4.78 is 0. The van der Waals surface area contributed by atoms with E-state index in [0.29, 0.717) is 12.5 Å². The summed E-state index contributed by atoms with van der Waals surface area (Å²) in [5, 5.41) is 4.07. The number of benzene rings is 1.